The summed E-state index contributed by atoms with van der Waals surface area (Å²) in [6, 6.07) is 8.53. The summed E-state index contributed by atoms with van der Waals surface area (Å²) in [5, 5.41) is 6.47. The smallest absolute Gasteiger partial charge is 0.208 e. The number of rotatable bonds is 8. The Hall–Kier alpha value is -0.870. The first-order chi connectivity index (χ1) is 10.8. The Labute approximate surface area is 163 Å². The topological polar surface area (TPSA) is 82.6 Å². The maximum Gasteiger partial charge on any atom is 0.208 e. The van der Waals surface area contributed by atoms with Crippen LogP contribution in [0.15, 0.2) is 29.3 Å². The number of guanidine groups is 1. The number of hydrogen-bond donors (Lipinski definition) is 3. The average Bonchev–Trinajstić information content (AvgIpc) is 2.49. The van der Waals surface area contributed by atoms with Gasteiger partial charge in [0.25, 0.3) is 0 Å². The van der Waals surface area contributed by atoms with Crippen LogP contribution in [-0.4, -0.2) is 47.3 Å². The van der Waals surface area contributed by atoms with Crippen LogP contribution in [0.25, 0.3) is 0 Å². The van der Waals surface area contributed by atoms with Crippen molar-refractivity contribution in [3.05, 3.63) is 35.4 Å². The van der Waals surface area contributed by atoms with E-state index in [1.165, 1.54) is 11.1 Å². The first-order valence-corrected chi connectivity index (χ1v) is 9.66. The molecule has 0 saturated carbocycles. The predicted octanol–water partition coefficient (Wildman–Crippen LogP) is 1.82. The standard InChI is InChI=1S/C16H28N4O2S.HI/c1-13-6-8-15(9-7-13)14(2)12-19-16(17-3)18-10-5-11-20-23(4,21)22;/h6-9,14,20H,5,10-12H2,1-4H3,(H2,17,18,19);1H. The summed E-state index contributed by atoms with van der Waals surface area (Å²) in [5.74, 6) is 1.10. The van der Waals surface area contributed by atoms with Gasteiger partial charge in [-0.25, -0.2) is 13.1 Å². The maximum absolute atomic E-state index is 11.0. The largest absolute Gasteiger partial charge is 0.356 e. The lowest BCUT2D eigenvalue weighted by Crippen LogP contribution is -2.40. The van der Waals surface area contributed by atoms with Gasteiger partial charge in [-0.2, -0.15) is 0 Å². The van der Waals surface area contributed by atoms with Crippen LogP contribution in [0.4, 0.5) is 0 Å². The minimum atomic E-state index is -3.11. The van der Waals surface area contributed by atoms with Crippen LogP contribution in [0.3, 0.4) is 0 Å². The molecule has 1 unspecified atom stereocenters. The van der Waals surface area contributed by atoms with E-state index in [0.29, 0.717) is 25.4 Å². The molecule has 8 heteroatoms. The molecule has 1 rings (SSSR count). The molecule has 0 radical (unpaired) electrons. The van der Waals surface area contributed by atoms with Crippen molar-refractivity contribution in [3.63, 3.8) is 0 Å². The van der Waals surface area contributed by atoms with Crippen molar-refractivity contribution >= 4 is 40.0 Å². The van der Waals surface area contributed by atoms with E-state index in [4.69, 9.17) is 0 Å². The fraction of sp³-hybridized carbons (Fsp3) is 0.562. The second-order valence-electron chi connectivity index (χ2n) is 5.71. The number of benzene rings is 1. The van der Waals surface area contributed by atoms with Crippen LogP contribution in [0, 0.1) is 6.92 Å². The molecule has 0 aliphatic rings. The van der Waals surface area contributed by atoms with Crippen molar-refractivity contribution in [2.24, 2.45) is 4.99 Å². The Morgan fingerprint density at radius 1 is 1.17 bits per heavy atom. The van der Waals surface area contributed by atoms with Crippen molar-refractivity contribution in [1.29, 1.82) is 0 Å². The Morgan fingerprint density at radius 2 is 1.79 bits per heavy atom. The van der Waals surface area contributed by atoms with Gasteiger partial charge >= 0.3 is 0 Å². The molecule has 138 valence electrons. The molecule has 0 spiro atoms. The first-order valence-electron chi connectivity index (χ1n) is 7.77. The van der Waals surface area contributed by atoms with Gasteiger partial charge in [0.1, 0.15) is 0 Å². The van der Waals surface area contributed by atoms with Crippen molar-refractivity contribution in [2.45, 2.75) is 26.2 Å². The van der Waals surface area contributed by atoms with Crippen LogP contribution >= 0.6 is 24.0 Å². The molecule has 1 aromatic carbocycles. The molecule has 0 heterocycles. The summed E-state index contributed by atoms with van der Waals surface area (Å²) in [5.41, 5.74) is 2.55. The van der Waals surface area contributed by atoms with Crippen LogP contribution in [0.5, 0.6) is 0 Å². The number of halogens is 1. The van der Waals surface area contributed by atoms with Crippen molar-refractivity contribution in [3.8, 4) is 0 Å². The molecule has 3 N–H and O–H groups in total. The van der Waals surface area contributed by atoms with E-state index in [-0.39, 0.29) is 24.0 Å². The molecule has 1 atom stereocenters. The number of nitrogens with zero attached hydrogens (tertiary/aromatic N) is 1. The number of hydrogen-bond acceptors (Lipinski definition) is 3. The third-order valence-corrected chi connectivity index (χ3v) is 4.18. The van der Waals surface area contributed by atoms with E-state index in [1.807, 2.05) is 0 Å². The van der Waals surface area contributed by atoms with Crippen LogP contribution < -0.4 is 15.4 Å². The van der Waals surface area contributed by atoms with Crippen LogP contribution in [0.1, 0.15) is 30.4 Å². The average molecular weight is 468 g/mol. The molecule has 0 aromatic heterocycles. The summed E-state index contributed by atoms with van der Waals surface area (Å²) >= 11 is 0. The van der Waals surface area contributed by atoms with Gasteiger partial charge in [-0.3, -0.25) is 4.99 Å². The van der Waals surface area contributed by atoms with E-state index < -0.39 is 10.0 Å². The molecule has 6 nitrogen and oxygen atoms in total. The summed E-state index contributed by atoms with van der Waals surface area (Å²) in [6.45, 7) is 6.10. The van der Waals surface area contributed by atoms with Gasteiger partial charge in [0.2, 0.25) is 10.0 Å². The highest BCUT2D eigenvalue weighted by molar-refractivity contribution is 14.0. The highest BCUT2D eigenvalue weighted by Crippen LogP contribution is 2.14. The number of aliphatic imine (C=N–C) groups is 1. The van der Waals surface area contributed by atoms with Gasteiger partial charge in [0.15, 0.2) is 5.96 Å². The number of nitrogens with one attached hydrogen (secondary N) is 3. The molecule has 0 aliphatic heterocycles. The second kappa shape index (κ2) is 11.6. The van der Waals surface area contributed by atoms with E-state index in [0.717, 1.165) is 18.8 Å². The van der Waals surface area contributed by atoms with Gasteiger partial charge < -0.3 is 10.6 Å². The van der Waals surface area contributed by atoms with Gasteiger partial charge in [-0.1, -0.05) is 36.8 Å². The molecule has 1 aromatic rings. The van der Waals surface area contributed by atoms with E-state index in [1.54, 1.807) is 7.05 Å². The zero-order chi connectivity index (χ0) is 17.3. The number of aryl methyl sites for hydroxylation is 1. The molecule has 0 amide bonds. The second-order valence-corrected chi connectivity index (χ2v) is 7.54. The van der Waals surface area contributed by atoms with Crippen LogP contribution in [-0.2, 0) is 10.0 Å². The monoisotopic (exact) mass is 468 g/mol. The van der Waals surface area contributed by atoms with Gasteiger partial charge in [0.05, 0.1) is 6.26 Å². The fourth-order valence-electron chi connectivity index (χ4n) is 2.04. The zero-order valence-corrected chi connectivity index (χ0v) is 17.9. The van der Waals surface area contributed by atoms with Crippen molar-refractivity contribution in [2.75, 3.05) is 32.9 Å². The minimum Gasteiger partial charge on any atom is -0.356 e. The fourth-order valence-corrected chi connectivity index (χ4v) is 2.55. The summed E-state index contributed by atoms with van der Waals surface area (Å²) in [6.07, 6.45) is 1.86. The zero-order valence-electron chi connectivity index (χ0n) is 14.8. The Balaban J connectivity index is 0.00000529. The highest BCUT2D eigenvalue weighted by atomic mass is 127. The SMILES string of the molecule is CN=C(NCCCNS(C)(=O)=O)NCC(C)c1ccc(C)cc1.I. The first kappa shape index (κ1) is 23.1. The Kier molecular flexibility index (Phi) is 11.2. The van der Waals surface area contributed by atoms with E-state index in [2.05, 4.69) is 58.5 Å². The summed E-state index contributed by atoms with van der Waals surface area (Å²) in [4.78, 5) is 4.17. The van der Waals surface area contributed by atoms with E-state index in [9.17, 15) is 8.42 Å². The third kappa shape index (κ3) is 10.1. The van der Waals surface area contributed by atoms with Gasteiger partial charge in [-0.15, -0.1) is 24.0 Å². The van der Waals surface area contributed by atoms with E-state index >= 15 is 0 Å². The van der Waals surface area contributed by atoms with Crippen molar-refractivity contribution < 1.29 is 8.42 Å². The number of sulfonamides is 1. The normalized spacial score (nSPS) is 13.1. The Bertz CT molecular complexity index is 603. The molecule has 0 aliphatic carbocycles. The van der Waals surface area contributed by atoms with Crippen LogP contribution in [0.2, 0.25) is 0 Å². The Morgan fingerprint density at radius 3 is 2.33 bits per heavy atom. The molecule has 0 bridgehead atoms. The quantitative estimate of drug-likeness (QED) is 0.235. The third-order valence-electron chi connectivity index (χ3n) is 3.46. The maximum atomic E-state index is 11.0. The molecular formula is C16H29IN4O2S. The summed E-state index contributed by atoms with van der Waals surface area (Å²) < 4.78 is 24.4. The lowest BCUT2D eigenvalue weighted by molar-refractivity contribution is 0.584. The minimum absolute atomic E-state index is 0. The molecule has 0 fully saturated rings. The van der Waals surface area contributed by atoms with Crippen molar-refractivity contribution in [1.82, 2.24) is 15.4 Å². The lowest BCUT2D eigenvalue weighted by atomic mass is 10.0. The molecular weight excluding hydrogens is 439 g/mol. The van der Waals surface area contributed by atoms with Gasteiger partial charge in [0, 0.05) is 26.7 Å². The summed E-state index contributed by atoms with van der Waals surface area (Å²) in [7, 11) is -1.39. The van der Waals surface area contributed by atoms with Gasteiger partial charge in [-0.05, 0) is 24.8 Å². The highest BCUT2D eigenvalue weighted by Gasteiger charge is 2.06. The lowest BCUT2D eigenvalue weighted by Gasteiger charge is -2.16. The molecule has 24 heavy (non-hydrogen) atoms. The predicted molar refractivity (Wildman–Crippen MR) is 112 cm³/mol. The molecule has 0 saturated heterocycles.